The molecule has 0 fully saturated rings. The predicted molar refractivity (Wildman–Crippen MR) is 100 cm³/mol. The van der Waals surface area contributed by atoms with E-state index in [2.05, 4.69) is 39.7 Å². The molecular formula is C19H27N5O. The van der Waals surface area contributed by atoms with Crippen molar-refractivity contribution in [1.82, 2.24) is 15.2 Å². The molecule has 6 heteroatoms. The van der Waals surface area contributed by atoms with Crippen molar-refractivity contribution < 1.29 is 4.79 Å². The van der Waals surface area contributed by atoms with Gasteiger partial charge in [0.2, 0.25) is 11.9 Å². The number of aromatic nitrogens is 3. The van der Waals surface area contributed by atoms with Gasteiger partial charge in [-0.15, -0.1) is 5.10 Å². The van der Waals surface area contributed by atoms with Gasteiger partial charge in [-0.3, -0.25) is 4.79 Å². The summed E-state index contributed by atoms with van der Waals surface area (Å²) < 4.78 is 0. The highest BCUT2D eigenvalue weighted by atomic mass is 16.1. The van der Waals surface area contributed by atoms with Gasteiger partial charge in [0.25, 0.3) is 0 Å². The van der Waals surface area contributed by atoms with Gasteiger partial charge in [-0.05, 0) is 36.5 Å². The van der Waals surface area contributed by atoms with E-state index in [0.717, 1.165) is 35.5 Å². The molecule has 0 unspecified atom stereocenters. The minimum absolute atomic E-state index is 0.0374. The summed E-state index contributed by atoms with van der Waals surface area (Å²) in [5.41, 5.74) is 3.78. The number of hydrogen-bond donors (Lipinski definition) is 2. The molecule has 6 nitrogen and oxygen atoms in total. The fourth-order valence-electron chi connectivity index (χ4n) is 2.54. The molecule has 134 valence electrons. The zero-order valence-corrected chi connectivity index (χ0v) is 15.5. The summed E-state index contributed by atoms with van der Waals surface area (Å²) in [5.74, 6) is 0.909. The van der Waals surface area contributed by atoms with E-state index >= 15 is 0 Å². The zero-order valence-electron chi connectivity index (χ0n) is 15.5. The number of aryl methyl sites for hydroxylation is 2. The Bertz CT molecular complexity index is 715. The van der Waals surface area contributed by atoms with Crippen molar-refractivity contribution in [3.05, 3.63) is 41.2 Å². The van der Waals surface area contributed by atoms with Crippen LogP contribution in [0.15, 0.2) is 24.3 Å². The molecule has 25 heavy (non-hydrogen) atoms. The third-order valence-corrected chi connectivity index (χ3v) is 3.76. The summed E-state index contributed by atoms with van der Waals surface area (Å²) >= 11 is 0. The van der Waals surface area contributed by atoms with Crippen molar-refractivity contribution in [3.8, 4) is 0 Å². The van der Waals surface area contributed by atoms with E-state index in [9.17, 15) is 4.79 Å². The number of rotatable bonds is 8. The highest BCUT2D eigenvalue weighted by molar-refractivity contribution is 5.90. The first kappa shape index (κ1) is 18.8. The third kappa shape index (κ3) is 5.81. The van der Waals surface area contributed by atoms with Crippen molar-refractivity contribution >= 4 is 17.5 Å². The second-order valence-corrected chi connectivity index (χ2v) is 6.44. The average molecular weight is 341 g/mol. The second-order valence-electron chi connectivity index (χ2n) is 6.44. The molecule has 2 aromatic rings. The van der Waals surface area contributed by atoms with E-state index in [1.54, 1.807) is 0 Å². The van der Waals surface area contributed by atoms with E-state index in [0.29, 0.717) is 24.8 Å². The van der Waals surface area contributed by atoms with E-state index in [1.165, 1.54) is 0 Å². The number of amides is 1. The topological polar surface area (TPSA) is 79.8 Å². The number of nitrogens with one attached hydrogen (secondary N) is 2. The SMILES string of the molecule is CCc1nnc(NCc2cccc(NC(=O)CC(C)C)c2)nc1CC. The molecule has 2 N–H and O–H groups in total. The number of carbonyl (C=O) groups is 1. The molecule has 0 atom stereocenters. The lowest BCUT2D eigenvalue weighted by Gasteiger charge is -2.10. The molecule has 0 aliphatic heterocycles. The maximum atomic E-state index is 11.9. The molecule has 1 heterocycles. The Morgan fingerprint density at radius 3 is 2.56 bits per heavy atom. The lowest BCUT2D eigenvalue weighted by atomic mass is 10.1. The van der Waals surface area contributed by atoms with Gasteiger partial charge < -0.3 is 10.6 Å². The van der Waals surface area contributed by atoms with Crippen LogP contribution in [0, 0.1) is 5.92 Å². The van der Waals surface area contributed by atoms with Crippen LogP contribution < -0.4 is 10.6 Å². The minimum Gasteiger partial charge on any atom is -0.349 e. The van der Waals surface area contributed by atoms with Crippen LogP contribution in [0.3, 0.4) is 0 Å². The first-order chi connectivity index (χ1) is 12.0. The Labute approximate surface area is 149 Å². The Balaban J connectivity index is 1.99. The molecule has 0 spiro atoms. The van der Waals surface area contributed by atoms with Crippen molar-refractivity contribution in [3.63, 3.8) is 0 Å². The van der Waals surface area contributed by atoms with Gasteiger partial charge in [0, 0.05) is 18.7 Å². The number of hydrogen-bond acceptors (Lipinski definition) is 5. The van der Waals surface area contributed by atoms with Gasteiger partial charge in [0.1, 0.15) is 0 Å². The first-order valence-corrected chi connectivity index (χ1v) is 8.86. The lowest BCUT2D eigenvalue weighted by molar-refractivity contribution is -0.116. The lowest BCUT2D eigenvalue weighted by Crippen LogP contribution is -2.14. The van der Waals surface area contributed by atoms with E-state index in [4.69, 9.17) is 0 Å². The van der Waals surface area contributed by atoms with Crippen LogP contribution in [0.2, 0.25) is 0 Å². The van der Waals surface area contributed by atoms with Crippen LogP contribution in [-0.2, 0) is 24.2 Å². The van der Waals surface area contributed by atoms with Crippen molar-refractivity contribution in [1.29, 1.82) is 0 Å². The quantitative estimate of drug-likeness (QED) is 0.767. The van der Waals surface area contributed by atoms with Crippen LogP contribution in [0.5, 0.6) is 0 Å². The summed E-state index contributed by atoms with van der Waals surface area (Å²) in [7, 11) is 0. The van der Waals surface area contributed by atoms with Crippen LogP contribution in [0.1, 0.15) is 51.1 Å². The molecule has 1 amide bonds. The number of nitrogens with zero attached hydrogens (tertiary/aromatic N) is 3. The van der Waals surface area contributed by atoms with Crippen molar-refractivity contribution in [2.75, 3.05) is 10.6 Å². The van der Waals surface area contributed by atoms with Crippen LogP contribution in [0.4, 0.5) is 11.6 Å². The zero-order chi connectivity index (χ0) is 18.2. The molecule has 1 aromatic heterocycles. The number of benzene rings is 1. The maximum absolute atomic E-state index is 11.9. The summed E-state index contributed by atoms with van der Waals surface area (Å²) in [6.07, 6.45) is 2.19. The third-order valence-electron chi connectivity index (χ3n) is 3.76. The summed E-state index contributed by atoms with van der Waals surface area (Å²) in [6, 6.07) is 7.78. The van der Waals surface area contributed by atoms with Gasteiger partial charge in [-0.1, -0.05) is 39.8 Å². The van der Waals surface area contributed by atoms with Crippen LogP contribution in [0.25, 0.3) is 0 Å². The first-order valence-electron chi connectivity index (χ1n) is 8.86. The molecular weight excluding hydrogens is 314 g/mol. The van der Waals surface area contributed by atoms with Gasteiger partial charge in [-0.2, -0.15) is 5.10 Å². The Kier molecular flexibility index (Phi) is 6.86. The van der Waals surface area contributed by atoms with Gasteiger partial charge in [0.15, 0.2) is 0 Å². The van der Waals surface area contributed by atoms with Crippen molar-refractivity contribution in [2.45, 2.75) is 53.5 Å². The highest BCUT2D eigenvalue weighted by Crippen LogP contribution is 2.14. The van der Waals surface area contributed by atoms with E-state index in [-0.39, 0.29) is 5.91 Å². The molecule has 1 aromatic carbocycles. The molecule has 2 rings (SSSR count). The smallest absolute Gasteiger partial charge is 0.243 e. The molecule has 0 saturated carbocycles. The van der Waals surface area contributed by atoms with Gasteiger partial charge in [0.05, 0.1) is 11.4 Å². The van der Waals surface area contributed by atoms with Crippen molar-refractivity contribution in [2.24, 2.45) is 5.92 Å². The standard InChI is InChI=1S/C19H27N5O/c1-5-16-17(6-2)23-24-19(22-16)20-12-14-8-7-9-15(11-14)21-18(25)10-13(3)4/h7-9,11,13H,5-6,10,12H2,1-4H3,(H,21,25)(H,20,22,24). The van der Waals surface area contributed by atoms with Gasteiger partial charge in [-0.25, -0.2) is 4.98 Å². The summed E-state index contributed by atoms with van der Waals surface area (Å²) in [5, 5.41) is 14.5. The largest absolute Gasteiger partial charge is 0.349 e. The number of anilines is 2. The predicted octanol–water partition coefficient (Wildman–Crippen LogP) is 3.59. The molecule has 0 saturated heterocycles. The molecule has 0 aliphatic carbocycles. The normalized spacial score (nSPS) is 10.8. The van der Waals surface area contributed by atoms with Gasteiger partial charge >= 0.3 is 0 Å². The Hall–Kier alpha value is -2.50. The Morgan fingerprint density at radius 1 is 1.12 bits per heavy atom. The molecule has 0 radical (unpaired) electrons. The minimum atomic E-state index is 0.0374. The van der Waals surface area contributed by atoms with E-state index < -0.39 is 0 Å². The maximum Gasteiger partial charge on any atom is 0.243 e. The monoisotopic (exact) mass is 341 g/mol. The highest BCUT2D eigenvalue weighted by Gasteiger charge is 2.07. The van der Waals surface area contributed by atoms with E-state index in [1.807, 2.05) is 38.1 Å². The molecule has 0 aliphatic rings. The second kappa shape index (κ2) is 9.11. The average Bonchev–Trinajstić information content (AvgIpc) is 2.59. The Morgan fingerprint density at radius 2 is 1.88 bits per heavy atom. The fraction of sp³-hybridized carbons (Fsp3) is 0.474. The summed E-state index contributed by atoms with van der Waals surface area (Å²) in [6.45, 7) is 8.75. The molecule has 0 bridgehead atoms. The summed E-state index contributed by atoms with van der Waals surface area (Å²) in [4.78, 5) is 16.4. The fourth-order valence-corrected chi connectivity index (χ4v) is 2.54. The number of carbonyl (C=O) groups excluding carboxylic acids is 1. The van der Waals surface area contributed by atoms with Crippen LogP contribution in [-0.4, -0.2) is 21.1 Å². The van der Waals surface area contributed by atoms with Crippen LogP contribution >= 0.6 is 0 Å².